The lowest BCUT2D eigenvalue weighted by atomic mass is 10.3. The molecule has 19 heavy (non-hydrogen) atoms. The van der Waals surface area contributed by atoms with Gasteiger partial charge in [-0.25, -0.2) is 4.98 Å². The Kier molecular flexibility index (Phi) is 3.12. The molecular formula is C12H13ClN4O2. The normalized spacial score (nSPS) is 19.9. The van der Waals surface area contributed by atoms with Gasteiger partial charge in [0.15, 0.2) is 6.23 Å². The number of carbonyl (C=O) groups is 1. The molecule has 0 aromatic carbocycles. The summed E-state index contributed by atoms with van der Waals surface area (Å²) in [7, 11) is 0. The summed E-state index contributed by atoms with van der Waals surface area (Å²) in [4.78, 5) is 21.4. The van der Waals surface area contributed by atoms with Gasteiger partial charge in [0.1, 0.15) is 5.65 Å². The molecular weight excluding hydrogens is 268 g/mol. The second kappa shape index (κ2) is 4.79. The van der Waals surface area contributed by atoms with E-state index in [0.717, 1.165) is 11.0 Å². The van der Waals surface area contributed by atoms with Gasteiger partial charge in [-0.3, -0.25) is 4.79 Å². The van der Waals surface area contributed by atoms with Crippen LogP contribution in [0.15, 0.2) is 18.5 Å². The predicted octanol–water partition coefficient (Wildman–Crippen LogP) is 1.46. The molecule has 2 aromatic rings. The summed E-state index contributed by atoms with van der Waals surface area (Å²) < 4.78 is 7.60. The number of halogens is 1. The van der Waals surface area contributed by atoms with Crippen LogP contribution in [0.2, 0.25) is 5.28 Å². The Bertz CT molecular complexity index is 627. The van der Waals surface area contributed by atoms with Crippen LogP contribution in [0.1, 0.15) is 13.2 Å². The second-order valence-corrected chi connectivity index (χ2v) is 4.77. The van der Waals surface area contributed by atoms with Crippen LogP contribution in [0.25, 0.3) is 11.0 Å². The molecule has 2 aromatic heterocycles. The molecule has 7 heteroatoms. The third kappa shape index (κ3) is 2.29. The van der Waals surface area contributed by atoms with Gasteiger partial charge in [-0.2, -0.15) is 4.98 Å². The van der Waals surface area contributed by atoms with E-state index >= 15 is 0 Å². The number of fused-ring (bicyclic) bond motifs is 1. The summed E-state index contributed by atoms with van der Waals surface area (Å²) >= 11 is 5.82. The number of rotatable bonds is 1. The number of morpholine rings is 1. The van der Waals surface area contributed by atoms with E-state index in [1.807, 2.05) is 16.8 Å². The summed E-state index contributed by atoms with van der Waals surface area (Å²) in [6.07, 6.45) is 3.32. The van der Waals surface area contributed by atoms with Gasteiger partial charge in [-0.05, 0) is 17.7 Å². The van der Waals surface area contributed by atoms with Gasteiger partial charge < -0.3 is 14.2 Å². The third-order valence-corrected chi connectivity index (χ3v) is 3.41. The largest absolute Gasteiger partial charge is 0.354 e. The van der Waals surface area contributed by atoms with Crippen molar-refractivity contribution in [1.29, 1.82) is 0 Å². The molecule has 1 unspecified atom stereocenters. The van der Waals surface area contributed by atoms with Crippen molar-refractivity contribution in [3.8, 4) is 0 Å². The predicted molar refractivity (Wildman–Crippen MR) is 69.8 cm³/mol. The van der Waals surface area contributed by atoms with Crippen molar-refractivity contribution in [2.24, 2.45) is 0 Å². The van der Waals surface area contributed by atoms with E-state index < -0.39 is 0 Å². The molecule has 0 saturated carbocycles. The summed E-state index contributed by atoms with van der Waals surface area (Å²) in [5.41, 5.74) is 0.718. The van der Waals surface area contributed by atoms with Gasteiger partial charge >= 0.3 is 0 Å². The summed E-state index contributed by atoms with van der Waals surface area (Å²) in [5, 5.41) is 1.10. The zero-order valence-corrected chi connectivity index (χ0v) is 11.2. The van der Waals surface area contributed by atoms with Crippen LogP contribution in [-0.4, -0.2) is 45.0 Å². The topological polar surface area (TPSA) is 60.2 Å². The van der Waals surface area contributed by atoms with Crippen molar-refractivity contribution in [3.05, 3.63) is 23.7 Å². The number of amides is 1. The number of carbonyl (C=O) groups excluding carboxylic acids is 1. The van der Waals surface area contributed by atoms with Crippen molar-refractivity contribution in [2.45, 2.75) is 13.2 Å². The Morgan fingerprint density at radius 2 is 2.42 bits per heavy atom. The van der Waals surface area contributed by atoms with Gasteiger partial charge in [-0.1, -0.05) is 0 Å². The number of nitrogens with zero attached hydrogens (tertiary/aromatic N) is 4. The van der Waals surface area contributed by atoms with E-state index in [9.17, 15) is 4.79 Å². The highest BCUT2D eigenvalue weighted by atomic mass is 35.5. The zero-order chi connectivity index (χ0) is 13.4. The number of hydrogen-bond acceptors (Lipinski definition) is 4. The smallest absolute Gasteiger partial charge is 0.224 e. The van der Waals surface area contributed by atoms with Crippen LogP contribution >= 0.6 is 11.6 Å². The highest BCUT2D eigenvalue weighted by Gasteiger charge is 2.24. The van der Waals surface area contributed by atoms with E-state index in [-0.39, 0.29) is 17.4 Å². The maximum atomic E-state index is 11.4. The SMILES string of the molecule is CC(=O)N1CCOC(n2ccc3cnc(Cl)nc32)C1. The first-order chi connectivity index (χ1) is 9.15. The number of aromatic nitrogens is 3. The molecule has 0 N–H and O–H groups in total. The van der Waals surface area contributed by atoms with Gasteiger partial charge in [0, 0.05) is 31.2 Å². The minimum Gasteiger partial charge on any atom is -0.354 e. The number of ether oxygens (including phenoxy) is 1. The van der Waals surface area contributed by atoms with Gasteiger partial charge in [0.25, 0.3) is 0 Å². The molecule has 1 aliphatic heterocycles. The van der Waals surface area contributed by atoms with E-state index in [2.05, 4.69) is 9.97 Å². The molecule has 0 radical (unpaired) electrons. The second-order valence-electron chi connectivity index (χ2n) is 4.43. The molecule has 6 nitrogen and oxygen atoms in total. The van der Waals surface area contributed by atoms with Crippen molar-refractivity contribution in [1.82, 2.24) is 19.4 Å². The average molecular weight is 281 g/mol. The Morgan fingerprint density at radius 1 is 1.58 bits per heavy atom. The molecule has 1 saturated heterocycles. The molecule has 100 valence electrons. The molecule has 1 amide bonds. The monoisotopic (exact) mass is 280 g/mol. The molecule has 0 spiro atoms. The van der Waals surface area contributed by atoms with Crippen molar-refractivity contribution >= 4 is 28.5 Å². The van der Waals surface area contributed by atoms with E-state index in [0.29, 0.717) is 19.7 Å². The van der Waals surface area contributed by atoms with Crippen molar-refractivity contribution < 1.29 is 9.53 Å². The summed E-state index contributed by atoms with van der Waals surface area (Å²) in [5.74, 6) is 0.0532. The van der Waals surface area contributed by atoms with E-state index in [1.165, 1.54) is 0 Å². The standard InChI is InChI=1S/C12H13ClN4O2/c1-8(18)16-4-5-19-10(7-16)17-3-2-9-6-14-12(13)15-11(9)17/h2-3,6,10H,4-5,7H2,1H3. The van der Waals surface area contributed by atoms with Gasteiger partial charge in [0.2, 0.25) is 11.2 Å². The lowest BCUT2D eigenvalue weighted by molar-refractivity contribution is -0.140. The molecule has 3 heterocycles. The third-order valence-electron chi connectivity index (χ3n) is 3.23. The zero-order valence-electron chi connectivity index (χ0n) is 10.4. The first-order valence-electron chi connectivity index (χ1n) is 6.01. The molecule has 1 aliphatic rings. The molecule has 3 rings (SSSR count). The van der Waals surface area contributed by atoms with E-state index in [1.54, 1.807) is 18.0 Å². The quantitative estimate of drug-likeness (QED) is 0.742. The van der Waals surface area contributed by atoms with Crippen LogP contribution < -0.4 is 0 Å². The Hall–Kier alpha value is -1.66. The molecule has 1 fully saturated rings. The highest BCUT2D eigenvalue weighted by Crippen LogP contribution is 2.22. The first-order valence-corrected chi connectivity index (χ1v) is 6.39. The average Bonchev–Trinajstić information content (AvgIpc) is 2.81. The van der Waals surface area contributed by atoms with Crippen LogP contribution in [0.5, 0.6) is 0 Å². The Morgan fingerprint density at radius 3 is 3.21 bits per heavy atom. The van der Waals surface area contributed by atoms with Crippen LogP contribution in [0.3, 0.4) is 0 Å². The van der Waals surface area contributed by atoms with Gasteiger partial charge in [0.05, 0.1) is 13.2 Å². The molecule has 1 atom stereocenters. The lowest BCUT2D eigenvalue weighted by Gasteiger charge is -2.33. The first kappa shape index (κ1) is 12.4. The minimum absolute atomic E-state index is 0.0532. The molecule has 0 aliphatic carbocycles. The highest BCUT2D eigenvalue weighted by molar-refractivity contribution is 6.28. The summed E-state index contributed by atoms with van der Waals surface area (Å²) in [6.45, 7) is 3.22. The summed E-state index contributed by atoms with van der Waals surface area (Å²) in [6, 6.07) is 1.90. The minimum atomic E-state index is -0.235. The van der Waals surface area contributed by atoms with Gasteiger partial charge in [-0.15, -0.1) is 0 Å². The van der Waals surface area contributed by atoms with Crippen LogP contribution in [0.4, 0.5) is 0 Å². The lowest BCUT2D eigenvalue weighted by Crippen LogP contribution is -2.42. The Labute approximate surface area is 114 Å². The van der Waals surface area contributed by atoms with Crippen molar-refractivity contribution in [3.63, 3.8) is 0 Å². The fourth-order valence-corrected chi connectivity index (χ4v) is 2.36. The number of hydrogen-bond donors (Lipinski definition) is 0. The fraction of sp³-hybridized carbons (Fsp3) is 0.417. The van der Waals surface area contributed by atoms with Crippen molar-refractivity contribution in [2.75, 3.05) is 19.7 Å². The maximum absolute atomic E-state index is 11.4. The Balaban J connectivity index is 1.95. The fourth-order valence-electron chi connectivity index (χ4n) is 2.24. The van der Waals surface area contributed by atoms with Crippen LogP contribution in [0, 0.1) is 0 Å². The molecule has 0 bridgehead atoms. The maximum Gasteiger partial charge on any atom is 0.224 e. The van der Waals surface area contributed by atoms with Crippen LogP contribution in [-0.2, 0) is 9.53 Å². The van der Waals surface area contributed by atoms with E-state index in [4.69, 9.17) is 16.3 Å².